The summed E-state index contributed by atoms with van der Waals surface area (Å²) in [6, 6.07) is 11.3. The fraction of sp³-hybridized carbons (Fsp3) is 0.357. The largest absolute Gasteiger partial charge is 0.463 e. The van der Waals surface area contributed by atoms with Crippen LogP contribution in [-0.2, 0) is 4.79 Å². The third kappa shape index (κ3) is 4.15. The molecule has 36 heavy (non-hydrogen) atoms. The number of Topliss-reactive ketones (excluding diaryl/α,β-unsaturated/α-hetero) is 1. The summed E-state index contributed by atoms with van der Waals surface area (Å²) in [7, 11) is 0. The summed E-state index contributed by atoms with van der Waals surface area (Å²) < 4.78 is 22.0. The molecule has 8 heteroatoms. The molecular weight excluding hydrogens is 479 g/mol. The van der Waals surface area contributed by atoms with Crippen LogP contribution in [0.5, 0.6) is 6.01 Å². The van der Waals surface area contributed by atoms with Gasteiger partial charge in [0.15, 0.2) is 5.82 Å². The number of nitrogens with zero attached hydrogens (tertiary/aromatic N) is 4. The molecule has 0 amide bonds. The Morgan fingerprint density at radius 1 is 1.14 bits per heavy atom. The number of fused-ring (bicyclic) bond motifs is 4. The van der Waals surface area contributed by atoms with E-state index in [1.54, 1.807) is 12.3 Å². The van der Waals surface area contributed by atoms with Crippen LogP contribution >= 0.6 is 11.6 Å². The van der Waals surface area contributed by atoms with Crippen molar-refractivity contribution in [3.8, 4) is 17.3 Å². The van der Waals surface area contributed by atoms with Crippen molar-refractivity contribution in [1.29, 1.82) is 0 Å². The molecule has 2 fully saturated rings. The van der Waals surface area contributed by atoms with Crippen LogP contribution in [-0.4, -0.2) is 40.4 Å². The second kappa shape index (κ2) is 9.28. The van der Waals surface area contributed by atoms with Crippen molar-refractivity contribution in [1.82, 2.24) is 15.0 Å². The molecule has 2 aliphatic rings. The van der Waals surface area contributed by atoms with Crippen LogP contribution in [0, 0.1) is 17.7 Å². The zero-order valence-corrected chi connectivity index (χ0v) is 20.8. The molecule has 0 spiro atoms. The molecule has 2 aromatic carbocycles. The number of hydrogen-bond acceptors (Lipinski definition) is 6. The Balaban J connectivity index is 1.51. The van der Waals surface area contributed by atoms with Gasteiger partial charge in [-0.05, 0) is 49.5 Å². The Morgan fingerprint density at radius 3 is 2.64 bits per heavy atom. The van der Waals surface area contributed by atoms with E-state index in [2.05, 4.69) is 19.9 Å². The number of ketones is 1. The number of pyridine rings is 1. The quantitative estimate of drug-likeness (QED) is 0.310. The molecule has 0 N–H and O–H groups in total. The molecular formula is C28H26ClFN4O2. The van der Waals surface area contributed by atoms with Crippen molar-refractivity contribution in [3.63, 3.8) is 0 Å². The first-order valence-electron chi connectivity index (χ1n) is 12.4. The van der Waals surface area contributed by atoms with Gasteiger partial charge >= 0.3 is 6.01 Å². The van der Waals surface area contributed by atoms with Gasteiger partial charge in [0.05, 0.1) is 12.0 Å². The van der Waals surface area contributed by atoms with Crippen molar-refractivity contribution in [3.05, 3.63) is 53.4 Å². The van der Waals surface area contributed by atoms with E-state index in [0.29, 0.717) is 33.6 Å². The number of ether oxygens (including phenoxy) is 1. The van der Waals surface area contributed by atoms with Crippen LogP contribution in [0.25, 0.3) is 32.9 Å². The van der Waals surface area contributed by atoms with Crippen LogP contribution in [0.15, 0.2) is 42.6 Å². The highest BCUT2D eigenvalue weighted by molar-refractivity contribution is 6.36. The molecule has 1 aliphatic heterocycles. The molecule has 3 heterocycles. The number of carbonyl (C=O) groups is 1. The SMILES string of the molecule is CC(=O)CCOc1nc(N2CC3CCC(C3)C2)c2cnc(-c3cccc4cccc(Cl)c34)c(F)c2n1. The summed E-state index contributed by atoms with van der Waals surface area (Å²) in [5.74, 6) is 1.34. The predicted molar refractivity (Wildman–Crippen MR) is 139 cm³/mol. The molecule has 1 saturated carbocycles. The molecule has 6 nitrogen and oxygen atoms in total. The summed E-state index contributed by atoms with van der Waals surface area (Å²) >= 11 is 6.52. The van der Waals surface area contributed by atoms with E-state index >= 15 is 4.39 Å². The Labute approximate surface area is 213 Å². The first-order chi connectivity index (χ1) is 17.5. The van der Waals surface area contributed by atoms with Crippen LogP contribution < -0.4 is 9.64 Å². The van der Waals surface area contributed by atoms with Crippen molar-refractivity contribution in [2.24, 2.45) is 11.8 Å². The highest BCUT2D eigenvalue weighted by Gasteiger charge is 2.34. The number of rotatable bonds is 6. The second-order valence-electron chi connectivity index (χ2n) is 9.91. The average Bonchev–Trinajstić information content (AvgIpc) is 3.21. The summed E-state index contributed by atoms with van der Waals surface area (Å²) in [4.78, 5) is 27.3. The summed E-state index contributed by atoms with van der Waals surface area (Å²) in [5.41, 5.74) is 0.941. The van der Waals surface area contributed by atoms with Gasteiger partial charge in [-0.3, -0.25) is 9.78 Å². The summed E-state index contributed by atoms with van der Waals surface area (Å²) in [6.45, 7) is 3.39. The number of aromatic nitrogens is 3. The number of hydrogen-bond donors (Lipinski definition) is 0. The third-order valence-corrected chi connectivity index (χ3v) is 7.66. The van der Waals surface area contributed by atoms with Crippen LogP contribution in [0.1, 0.15) is 32.6 Å². The smallest absolute Gasteiger partial charge is 0.319 e. The minimum Gasteiger partial charge on any atom is -0.463 e. The monoisotopic (exact) mass is 504 g/mol. The number of halogens is 2. The molecule has 2 atom stereocenters. The highest BCUT2D eigenvalue weighted by Crippen LogP contribution is 2.41. The van der Waals surface area contributed by atoms with E-state index in [0.717, 1.165) is 23.9 Å². The first kappa shape index (κ1) is 23.1. The van der Waals surface area contributed by atoms with Crippen molar-refractivity contribution in [2.75, 3.05) is 24.6 Å². The van der Waals surface area contributed by atoms with Gasteiger partial charge in [0, 0.05) is 41.7 Å². The van der Waals surface area contributed by atoms with Gasteiger partial charge in [-0.15, -0.1) is 0 Å². The molecule has 2 unspecified atom stereocenters. The number of anilines is 1. The molecule has 6 rings (SSSR count). The zero-order valence-electron chi connectivity index (χ0n) is 20.0. The molecule has 184 valence electrons. The highest BCUT2D eigenvalue weighted by atomic mass is 35.5. The molecule has 4 aromatic rings. The van der Waals surface area contributed by atoms with Crippen LogP contribution in [0.4, 0.5) is 10.2 Å². The van der Waals surface area contributed by atoms with Crippen molar-refractivity contribution in [2.45, 2.75) is 32.6 Å². The fourth-order valence-corrected chi connectivity index (χ4v) is 5.96. The standard InChI is InChI=1S/C28H26ClFN4O2/c1-16(35)10-11-36-28-32-26-21(27(33-28)34-14-17-8-9-18(12-17)15-34)13-31-25(24(26)30)20-6-2-4-19-5-3-7-22(29)23(19)20/h2-7,13,17-18H,8-12,14-15H2,1H3. The normalized spacial score (nSPS) is 19.2. The molecule has 1 saturated heterocycles. The van der Waals surface area contributed by atoms with Crippen molar-refractivity contribution >= 4 is 44.9 Å². The van der Waals surface area contributed by atoms with E-state index in [9.17, 15) is 4.79 Å². The Kier molecular flexibility index (Phi) is 5.96. The van der Waals surface area contributed by atoms with Crippen LogP contribution in [0.3, 0.4) is 0 Å². The van der Waals surface area contributed by atoms with Gasteiger partial charge in [0.1, 0.15) is 22.8 Å². The maximum absolute atomic E-state index is 16.2. The average molecular weight is 505 g/mol. The lowest BCUT2D eigenvalue weighted by Gasteiger charge is -2.33. The van der Waals surface area contributed by atoms with Gasteiger partial charge in [-0.25, -0.2) is 4.39 Å². The van der Waals surface area contributed by atoms with E-state index < -0.39 is 5.82 Å². The topological polar surface area (TPSA) is 68.2 Å². The van der Waals surface area contributed by atoms with Gasteiger partial charge in [-0.2, -0.15) is 9.97 Å². The van der Waals surface area contributed by atoms with E-state index in [1.165, 1.54) is 26.2 Å². The van der Waals surface area contributed by atoms with E-state index in [1.807, 2.05) is 30.3 Å². The van der Waals surface area contributed by atoms with Crippen LogP contribution in [0.2, 0.25) is 5.02 Å². The Hall–Kier alpha value is -3.32. The Morgan fingerprint density at radius 2 is 1.89 bits per heavy atom. The van der Waals surface area contributed by atoms with E-state index in [4.69, 9.17) is 16.3 Å². The summed E-state index contributed by atoms with van der Waals surface area (Å²) in [5, 5.41) is 2.74. The fourth-order valence-electron chi connectivity index (χ4n) is 5.67. The first-order valence-corrected chi connectivity index (χ1v) is 12.8. The maximum atomic E-state index is 16.2. The lowest BCUT2D eigenvalue weighted by Crippen LogP contribution is -2.37. The number of carbonyl (C=O) groups excluding carboxylic acids is 1. The maximum Gasteiger partial charge on any atom is 0.319 e. The predicted octanol–water partition coefficient (Wildman–Crippen LogP) is 6.23. The summed E-state index contributed by atoms with van der Waals surface area (Å²) in [6.07, 6.45) is 5.56. The van der Waals surface area contributed by atoms with Gasteiger partial charge in [0.25, 0.3) is 0 Å². The van der Waals surface area contributed by atoms with Gasteiger partial charge < -0.3 is 9.64 Å². The molecule has 0 radical (unpaired) electrons. The van der Waals surface area contributed by atoms with E-state index in [-0.39, 0.29) is 36.0 Å². The molecule has 2 aromatic heterocycles. The van der Waals surface area contributed by atoms with Gasteiger partial charge in [0.2, 0.25) is 0 Å². The third-order valence-electron chi connectivity index (χ3n) is 7.34. The molecule has 2 bridgehead atoms. The van der Waals surface area contributed by atoms with Crippen molar-refractivity contribution < 1.29 is 13.9 Å². The van der Waals surface area contributed by atoms with Gasteiger partial charge in [-0.1, -0.05) is 41.9 Å². The zero-order chi connectivity index (χ0) is 24.8. The Bertz CT molecular complexity index is 1480. The number of benzene rings is 2. The number of piperidine rings is 1. The minimum atomic E-state index is -0.542. The lowest BCUT2D eigenvalue weighted by atomic mass is 9.98. The second-order valence-corrected chi connectivity index (χ2v) is 10.3. The molecule has 1 aliphatic carbocycles. The lowest BCUT2D eigenvalue weighted by molar-refractivity contribution is -0.117. The minimum absolute atomic E-state index is 0.00844.